The Hall–Kier alpha value is 3.11. The Balaban J connectivity index is 0. The van der Waals surface area contributed by atoms with Crippen LogP contribution in [0.5, 0.6) is 0 Å². The molecule has 0 aliphatic rings. The van der Waals surface area contributed by atoms with Gasteiger partial charge in [0.05, 0.1) is 0 Å². The van der Waals surface area contributed by atoms with Gasteiger partial charge in [-0.1, -0.05) is 0 Å². The van der Waals surface area contributed by atoms with Gasteiger partial charge in [-0.05, 0) is 0 Å². The molecule has 0 rings (SSSR count). The van der Waals surface area contributed by atoms with Crippen LogP contribution in [0.15, 0.2) is 0 Å². The molecule has 2 radical (unpaired) electrons. The summed E-state index contributed by atoms with van der Waals surface area (Å²) in [6, 6.07) is 0. The van der Waals surface area contributed by atoms with Gasteiger partial charge in [-0.2, -0.15) is 0 Å². The van der Waals surface area contributed by atoms with E-state index in [0.717, 1.165) is 0 Å². The van der Waals surface area contributed by atoms with Crippen molar-refractivity contribution in [2.24, 2.45) is 0 Å². The zero-order chi connectivity index (χ0) is 0. The van der Waals surface area contributed by atoms with Gasteiger partial charge in [-0.15, -0.1) is 71.9 Å². The minimum atomic E-state index is 0. The average Bonchev–Trinajstić information content (AvgIpc) is 0. The van der Waals surface area contributed by atoms with E-state index in [2.05, 4.69) is 0 Å². The van der Waals surface area contributed by atoms with Crippen molar-refractivity contribution in [3.8, 4) is 0 Å². The molecular weight excluding hydrogens is 588 g/mol. The van der Waals surface area contributed by atoms with Crippen LogP contribution in [0.4, 0.5) is 0 Å². The molecule has 30 valence electrons. The van der Waals surface area contributed by atoms with E-state index in [9.17, 15) is 0 Å². The summed E-state index contributed by atoms with van der Waals surface area (Å²) in [7, 11) is 0. The molecule has 0 fully saturated rings. The molecule has 4 heteroatoms. The molecule has 0 aromatic heterocycles. The van der Waals surface area contributed by atoms with E-state index in [1.165, 1.54) is 0 Å². The third-order valence-corrected chi connectivity index (χ3v) is 0. The Labute approximate surface area is 97.1 Å². The topological polar surface area (TPSA) is 0 Å². The summed E-state index contributed by atoms with van der Waals surface area (Å²) < 4.78 is 0. The van der Waals surface area contributed by atoms with Crippen molar-refractivity contribution < 1.29 is 0 Å². The van der Waals surface area contributed by atoms with Crippen molar-refractivity contribution >= 4 is 99.2 Å². The number of rotatable bonds is 0. The van der Waals surface area contributed by atoms with E-state index >= 15 is 0 Å². The van der Waals surface area contributed by atoms with Crippen molar-refractivity contribution in [3.05, 3.63) is 0 Å². The zero-order valence-corrected chi connectivity index (χ0v) is 14.4. The number of halogens is 3. The fourth-order valence-corrected chi connectivity index (χ4v) is 0. The summed E-state index contributed by atoms with van der Waals surface area (Å²) in [6.07, 6.45) is 0. The van der Waals surface area contributed by atoms with Gasteiger partial charge in [0.15, 0.2) is 0 Å². The van der Waals surface area contributed by atoms with E-state index in [1.54, 1.807) is 0 Å². The van der Waals surface area contributed by atoms with E-state index < -0.39 is 0 Å². The first-order chi connectivity index (χ1) is 0. The standard InChI is InChI=1S/3HI.Pb.2H/h3*1H;;;. The molecule has 0 unspecified atom stereocenters. The van der Waals surface area contributed by atoms with Crippen LogP contribution in [0.1, 0.15) is 0 Å². The molecule has 0 aliphatic heterocycles. The Kier molecular flexibility index (Phi) is 113. The molecule has 0 atom stereocenters. The summed E-state index contributed by atoms with van der Waals surface area (Å²) in [5.74, 6) is 0. The molecule has 0 N–H and O–H groups in total. The van der Waals surface area contributed by atoms with Gasteiger partial charge >= 0.3 is 27.3 Å². The Bertz CT molecular complexity index is 3.25. The predicted octanol–water partition coefficient (Wildman–Crippen LogP) is 0.938. The van der Waals surface area contributed by atoms with Gasteiger partial charge in [0.25, 0.3) is 0 Å². The molecular formula is H5I3Pb. The summed E-state index contributed by atoms with van der Waals surface area (Å²) >= 11 is 0. The molecule has 0 amide bonds. The van der Waals surface area contributed by atoms with Gasteiger partial charge in [0.1, 0.15) is 0 Å². The summed E-state index contributed by atoms with van der Waals surface area (Å²) in [5, 5.41) is 0. The van der Waals surface area contributed by atoms with Crippen LogP contribution >= 0.6 is 71.9 Å². The second-order valence-electron chi connectivity index (χ2n) is 0. The van der Waals surface area contributed by atoms with Crippen molar-refractivity contribution in [2.75, 3.05) is 0 Å². The molecule has 0 aromatic carbocycles. The first-order valence-corrected chi connectivity index (χ1v) is 0. The summed E-state index contributed by atoms with van der Waals surface area (Å²) in [4.78, 5) is 0. The van der Waals surface area contributed by atoms with Crippen LogP contribution in [0, 0.1) is 0 Å². The van der Waals surface area contributed by atoms with Crippen LogP contribution in [0.3, 0.4) is 0 Å². The van der Waals surface area contributed by atoms with Crippen molar-refractivity contribution in [2.45, 2.75) is 0 Å². The molecule has 4 heavy (non-hydrogen) atoms. The van der Waals surface area contributed by atoms with E-state index in [0.29, 0.717) is 0 Å². The van der Waals surface area contributed by atoms with Gasteiger partial charge in [0.2, 0.25) is 0 Å². The molecule has 0 aliphatic carbocycles. The van der Waals surface area contributed by atoms with Crippen LogP contribution in [-0.2, 0) is 0 Å². The van der Waals surface area contributed by atoms with E-state index in [1.807, 2.05) is 0 Å². The van der Waals surface area contributed by atoms with Gasteiger partial charge in [0, 0.05) is 0 Å². The van der Waals surface area contributed by atoms with Crippen LogP contribution in [0.25, 0.3) is 0 Å². The Morgan fingerprint density at radius 1 is 0.500 bits per heavy atom. The number of hydrogen-bond donors (Lipinski definition) is 0. The normalized spacial score (nSPS) is 0. The van der Waals surface area contributed by atoms with Crippen molar-refractivity contribution in [1.82, 2.24) is 0 Å². The third kappa shape index (κ3) is 8.93. The molecule has 0 aromatic rings. The van der Waals surface area contributed by atoms with Gasteiger partial charge < -0.3 is 0 Å². The SMILES string of the molecule is I.I.I.[PbH2]. The summed E-state index contributed by atoms with van der Waals surface area (Å²) in [5.41, 5.74) is 0. The average molecular weight is 593 g/mol. The van der Waals surface area contributed by atoms with Crippen LogP contribution in [-0.4, -0.2) is 27.3 Å². The quantitative estimate of drug-likeness (QED) is 0.290. The van der Waals surface area contributed by atoms with Crippen LogP contribution in [0.2, 0.25) is 0 Å². The molecule has 0 saturated heterocycles. The molecule has 0 nitrogen and oxygen atoms in total. The second kappa shape index (κ2) is 16.5. The van der Waals surface area contributed by atoms with Crippen LogP contribution < -0.4 is 0 Å². The second-order valence-corrected chi connectivity index (χ2v) is 0. The maximum atomic E-state index is 0. The first-order valence-electron chi connectivity index (χ1n) is 0. The van der Waals surface area contributed by atoms with E-state index in [-0.39, 0.29) is 99.2 Å². The molecule has 0 spiro atoms. The zero-order valence-electron chi connectivity index (χ0n) is 1.93. The Morgan fingerprint density at radius 3 is 0.500 bits per heavy atom. The first kappa shape index (κ1) is 27.4. The Morgan fingerprint density at radius 2 is 0.500 bits per heavy atom. The molecule has 0 saturated carbocycles. The summed E-state index contributed by atoms with van der Waals surface area (Å²) in [6.45, 7) is 0. The van der Waals surface area contributed by atoms with Gasteiger partial charge in [-0.25, -0.2) is 0 Å². The van der Waals surface area contributed by atoms with E-state index in [4.69, 9.17) is 0 Å². The minimum absolute atomic E-state index is 0. The monoisotopic (exact) mass is 594 g/mol. The fraction of sp³-hybridized carbons (Fsp3) is 0. The van der Waals surface area contributed by atoms with Gasteiger partial charge in [-0.3, -0.25) is 0 Å². The number of hydrogen-bond acceptors (Lipinski definition) is 0. The fourth-order valence-electron chi connectivity index (χ4n) is 0. The molecule has 0 heterocycles. The van der Waals surface area contributed by atoms with Crippen molar-refractivity contribution in [1.29, 1.82) is 0 Å². The molecule has 0 bridgehead atoms. The third-order valence-electron chi connectivity index (χ3n) is 0. The maximum absolute atomic E-state index is 0. The van der Waals surface area contributed by atoms with Crippen molar-refractivity contribution in [3.63, 3.8) is 0 Å². The predicted molar refractivity (Wildman–Crippen MR) is 54.8 cm³/mol.